The normalized spacial score (nSPS) is 10.5. The van der Waals surface area contributed by atoms with Crippen LogP contribution in [0.15, 0.2) is 41.5 Å². The predicted molar refractivity (Wildman–Crippen MR) is 110 cm³/mol. The molecule has 0 aliphatic rings. The Labute approximate surface area is 173 Å². The molecule has 0 fully saturated rings. The number of hydrogen-bond donors (Lipinski definition) is 2. The summed E-state index contributed by atoms with van der Waals surface area (Å²) >= 11 is 5.97. The third-order valence-corrected chi connectivity index (χ3v) is 3.95. The van der Waals surface area contributed by atoms with E-state index in [4.69, 9.17) is 25.8 Å². The summed E-state index contributed by atoms with van der Waals surface area (Å²) in [5.74, 6) is 0.592. The van der Waals surface area contributed by atoms with Gasteiger partial charge in [0.15, 0.2) is 11.5 Å². The number of hydrazone groups is 1. The fourth-order valence-electron chi connectivity index (χ4n) is 2.36. The van der Waals surface area contributed by atoms with E-state index in [0.717, 1.165) is 0 Å². The summed E-state index contributed by atoms with van der Waals surface area (Å²) in [6.45, 7) is 2.09. The van der Waals surface area contributed by atoms with Gasteiger partial charge in [0, 0.05) is 16.1 Å². The molecule has 0 saturated carbocycles. The molecule has 154 valence electrons. The fourth-order valence-corrected chi connectivity index (χ4v) is 2.54. The molecule has 0 aromatic heterocycles. The minimum atomic E-state index is -0.491. The van der Waals surface area contributed by atoms with Gasteiger partial charge in [-0.2, -0.15) is 5.10 Å². The number of rotatable bonds is 9. The third kappa shape index (κ3) is 6.39. The Bertz CT molecular complexity index is 902. The van der Waals surface area contributed by atoms with Crippen LogP contribution < -0.4 is 25.0 Å². The summed E-state index contributed by atoms with van der Waals surface area (Å²) < 4.78 is 15.8. The average molecular weight is 420 g/mol. The van der Waals surface area contributed by atoms with Gasteiger partial charge in [-0.15, -0.1) is 0 Å². The summed E-state index contributed by atoms with van der Waals surface area (Å²) in [7, 11) is 2.98. The van der Waals surface area contributed by atoms with Crippen molar-refractivity contribution < 1.29 is 23.8 Å². The minimum absolute atomic E-state index is 0.252. The summed E-state index contributed by atoms with van der Waals surface area (Å²) in [4.78, 5) is 24.1. The number of ether oxygens (including phenoxy) is 3. The van der Waals surface area contributed by atoms with E-state index < -0.39 is 11.8 Å². The zero-order chi connectivity index (χ0) is 21.2. The lowest BCUT2D eigenvalue weighted by atomic mass is 10.2. The van der Waals surface area contributed by atoms with E-state index in [-0.39, 0.29) is 6.54 Å². The van der Waals surface area contributed by atoms with Crippen LogP contribution in [0.25, 0.3) is 0 Å². The van der Waals surface area contributed by atoms with Crippen LogP contribution in [0.4, 0.5) is 0 Å². The molecule has 2 N–H and O–H groups in total. The van der Waals surface area contributed by atoms with Gasteiger partial charge in [-0.25, -0.2) is 5.43 Å². The third-order valence-electron chi connectivity index (χ3n) is 3.72. The Morgan fingerprint density at radius 2 is 1.79 bits per heavy atom. The summed E-state index contributed by atoms with van der Waals surface area (Å²) in [5, 5.41) is 6.90. The van der Waals surface area contributed by atoms with Crippen molar-refractivity contribution in [2.45, 2.75) is 6.92 Å². The van der Waals surface area contributed by atoms with Crippen LogP contribution in [-0.2, 0) is 4.79 Å². The van der Waals surface area contributed by atoms with Gasteiger partial charge in [0.05, 0.1) is 33.6 Å². The van der Waals surface area contributed by atoms with Gasteiger partial charge in [0.1, 0.15) is 5.75 Å². The molecular formula is C20H22ClN3O5. The number of benzene rings is 2. The first-order valence-corrected chi connectivity index (χ1v) is 9.10. The van der Waals surface area contributed by atoms with Crippen molar-refractivity contribution in [3.05, 3.63) is 52.5 Å². The molecule has 0 aliphatic heterocycles. The molecule has 0 saturated heterocycles. The topological polar surface area (TPSA) is 98.2 Å². The Morgan fingerprint density at radius 1 is 1.07 bits per heavy atom. The number of carbonyl (C=O) groups is 2. The maximum Gasteiger partial charge on any atom is 0.259 e. The lowest BCUT2D eigenvalue weighted by Gasteiger charge is -2.09. The number of amides is 2. The number of halogens is 1. The second kappa shape index (κ2) is 10.9. The predicted octanol–water partition coefficient (Wildman–Crippen LogP) is 2.64. The van der Waals surface area contributed by atoms with E-state index in [1.54, 1.807) is 30.3 Å². The molecule has 2 aromatic carbocycles. The molecule has 0 radical (unpaired) electrons. The van der Waals surface area contributed by atoms with Gasteiger partial charge in [-0.05, 0) is 43.3 Å². The van der Waals surface area contributed by atoms with Gasteiger partial charge >= 0.3 is 0 Å². The van der Waals surface area contributed by atoms with Crippen LogP contribution in [0.1, 0.15) is 22.8 Å². The van der Waals surface area contributed by atoms with E-state index >= 15 is 0 Å². The van der Waals surface area contributed by atoms with Crippen molar-refractivity contribution >= 4 is 29.6 Å². The second-order valence-electron chi connectivity index (χ2n) is 5.66. The Hall–Kier alpha value is -3.26. The van der Waals surface area contributed by atoms with Crippen LogP contribution in [-0.4, -0.2) is 45.4 Å². The molecule has 2 rings (SSSR count). The van der Waals surface area contributed by atoms with Crippen LogP contribution in [0.2, 0.25) is 5.02 Å². The Balaban J connectivity index is 1.91. The summed E-state index contributed by atoms with van der Waals surface area (Å²) in [5.41, 5.74) is 3.29. The average Bonchev–Trinajstić information content (AvgIpc) is 2.73. The van der Waals surface area contributed by atoms with E-state index in [9.17, 15) is 9.59 Å². The number of nitrogens with one attached hydrogen (secondary N) is 2. The summed E-state index contributed by atoms with van der Waals surface area (Å²) in [6, 6.07) is 9.80. The molecule has 0 aliphatic carbocycles. The quantitative estimate of drug-likeness (QED) is 0.481. The van der Waals surface area contributed by atoms with Crippen LogP contribution in [0.3, 0.4) is 0 Å². The number of hydrogen-bond acceptors (Lipinski definition) is 6. The van der Waals surface area contributed by atoms with Crippen molar-refractivity contribution in [1.82, 2.24) is 10.7 Å². The Morgan fingerprint density at radius 3 is 2.48 bits per heavy atom. The fraction of sp³-hybridized carbons (Fsp3) is 0.250. The molecular weight excluding hydrogens is 398 g/mol. The van der Waals surface area contributed by atoms with Crippen molar-refractivity contribution in [3.8, 4) is 17.2 Å². The monoisotopic (exact) mass is 419 g/mol. The molecule has 0 spiro atoms. The Kier molecular flexibility index (Phi) is 8.29. The SMILES string of the molecule is CCOc1ccc(Cl)cc1C=NNC(=O)CNC(=O)c1ccc(OC)c(OC)c1. The van der Waals surface area contributed by atoms with Gasteiger partial charge < -0.3 is 19.5 Å². The number of carbonyl (C=O) groups excluding carboxylic acids is 2. The molecule has 0 unspecified atom stereocenters. The molecule has 2 aromatic rings. The first kappa shape index (κ1) is 22.0. The molecule has 0 bridgehead atoms. The van der Waals surface area contributed by atoms with Crippen molar-refractivity contribution in [2.75, 3.05) is 27.4 Å². The number of methoxy groups -OCH3 is 2. The van der Waals surface area contributed by atoms with Gasteiger partial charge in [0.25, 0.3) is 11.8 Å². The van der Waals surface area contributed by atoms with E-state index in [1.165, 1.54) is 26.5 Å². The highest BCUT2D eigenvalue weighted by atomic mass is 35.5. The van der Waals surface area contributed by atoms with E-state index in [2.05, 4.69) is 15.8 Å². The van der Waals surface area contributed by atoms with Gasteiger partial charge in [-0.3, -0.25) is 9.59 Å². The zero-order valence-corrected chi connectivity index (χ0v) is 17.1. The zero-order valence-electron chi connectivity index (χ0n) is 16.3. The van der Waals surface area contributed by atoms with Crippen molar-refractivity contribution in [3.63, 3.8) is 0 Å². The highest BCUT2D eigenvalue weighted by Gasteiger charge is 2.11. The van der Waals surface area contributed by atoms with Crippen molar-refractivity contribution in [1.29, 1.82) is 0 Å². The van der Waals surface area contributed by atoms with E-state index in [1.807, 2.05) is 6.92 Å². The molecule has 8 nitrogen and oxygen atoms in total. The first-order chi connectivity index (χ1) is 14.0. The lowest BCUT2D eigenvalue weighted by molar-refractivity contribution is -0.120. The van der Waals surface area contributed by atoms with Crippen LogP contribution >= 0.6 is 11.6 Å². The highest BCUT2D eigenvalue weighted by molar-refractivity contribution is 6.30. The second-order valence-corrected chi connectivity index (χ2v) is 6.10. The molecule has 0 heterocycles. The summed E-state index contributed by atoms with van der Waals surface area (Å²) in [6.07, 6.45) is 1.42. The van der Waals surface area contributed by atoms with Gasteiger partial charge in [0.2, 0.25) is 0 Å². The molecule has 0 atom stereocenters. The minimum Gasteiger partial charge on any atom is -0.493 e. The molecule has 2 amide bonds. The maximum absolute atomic E-state index is 12.2. The van der Waals surface area contributed by atoms with Gasteiger partial charge in [-0.1, -0.05) is 11.6 Å². The molecule has 29 heavy (non-hydrogen) atoms. The first-order valence-electron chi connectivity index (χ1n) is 8.73. The largest absolute Gasteiger partial charge is 0.493 e. The van der Waals surface area contributed by atoms with Crippen molar-refractivity contribution in [2.24, 2.45) is 5.10 Å². The number of nitrogens with zero attached hydrogens (tertiary/aromatic N) is 1. The van der Waals surface area contributed by atoms with E-state index in [0.29, 0.717) is 40.0 Å². The standard InChI is InChI=1S/C20H22ClN3O5/c1-4-29-16-8-6-15(21)9-14(16)11-23-24-19(25)12-22-20(26)13-5-7-17(27-2)18(10-13)28-3/h5-11H,4,12H2,1-3H3,(H,22,26)(H,24,25). The van der Waals surface area contributed by atoms with Crippen LogP contribution in [0, 0.1) is 0 Å². The maximum atomic E-state index is 12.2. The molecule has 9 heteroatoms. The smallest absolute Gasteiger partial charge is 0.259 e. The van der Waals surface area contributed by atoms with Crippen LogP contribution in [0.5, 0.6) is 17.2 Å². The highest BCUT2D eigenvalue weighted by Crippen LogP contribution is 2.27. The lowest BCUT2D eigenvalue weighted by Crippen LogP contribution is -2.34.